The molecule has 1 aromatic rings. The highest BCUT2D eigenvalue weighted by Gasteiger charge is 2.24. The molecular weight excluding hydrogens is 314 g/mol. The van der Waals surface area contributed by atoms with E-state index in [1.54, 1.807) is 18.2 Å². The maximum Gasteiger partial charge on any atom is 0.252 e. The van der Waals surface area contributed by atoms with Gasteiger partial charge in [-0.05, 0) is 50.9 Å². The standard InChI is InChI=1S/C17H24ClN3O2/c1-3-7-20-17(23)14-5-4-13(10-15(14)18)21-16(22)12-6-8-19-11(2)9-12/h4-5,10-12,19H,3,6-9H2,1-2H3,(H,20,23)(H,21,22)/t11-,12-/m0/s1. The topological polar surface area (TPSA) is 70.2 Å². The molecule has 1 aliphatic heterocycles. The van der Waals surface area contributed by atoms with E-state index in [4.69, 9.17) is 11.6 Å². The number of nitrogens with one attached hydrogen (secondary N) is 3. The quantitative estimate of drug-likeness (QED) is 0.773. The molecule has 1 saturated heterocycles. The molecule has 0 aromatic heterocycles. The SMILES string of the molecule is CCCNC(=O)c1ccc(NC(=O)[C@H]2CCN[C@@H](C)C2)cc1Cl. The van der Waals surface area contributed by atoms with Gasteiger partial charge >= 0.3 is 0 Å². The predicted molar refractivity (Wildman–Crippen MR) is 92.9 cm³/mol. The summed E-state index contributed by atoms with van der Waals surface area (Å²) in [5.41, 5.74) is 1.05. The van der Waals surface area contributed by atoms with E-state index in [-0.39, 0.29) is 17.7 Å². The predicted octanol–water partition coefficient (Wildman–Crippen LogP) is 2.81. The fraction of sp³-hybridized carbons (Fsp3) is 0.529. The first kappa shape index (κ1) is 17.8. The molecule has 1 heterocycles. The molecule has 126 valence electrons. The minimum Gasteiger partial charge on any atom is -0.352 e. The Morgan fingerprint density at radius 1 is 1.39 bits per heavy atom. The van der Waals surface area contributed by atoms with Crippen LogP contribution in [0.5, 0.6) is 0 Å². The van der Waals surface area contributed by atoms with Crippen molar-refractivity contribution in [3.05, 3.63) is 28.8 Å². The Kier molecular flexibility index (Phi) is 6.42. The van der Waals surface area contributed by atoms with Crippen molar-refractivity contribution in [1.29, 1.82) is 0 Å². The van der Waals surface area contributed by atoms with E-state index in [1.807, 2.05) is 6.92 Å². The summed E-state index contributed by atoms with van der Waals surface area (Å²) in [5.74, 6) is -0.169. The second-order valence-electron chi connectivity index (χ2n) is 6.02. The molecule has 23 heavy (non-hydrogen) atoms. The van der Waals surface area contributed by atoms with Crippen LogP contribution in [0.1, 0.15) is 43.5 Å². The van der Waals surface area contributed by atoms with Crippen LogP contribution in [0.2, 0.25) is 5.02 Å². The van der Waals surface area contributed by atoms with Crippen molar-refractivity contribution in [2.24, 2.45) is 5.92 Å². The molecule has 5 nitrogen and oxygen atoms in total. The molecule has 0 bridgehead atoms. The van der Waals surface area contributed by atoms with Crippen molar-refractivity contribution in [3.63, 3.8) is 0 Å². The van der Waals surface area contributed by atoms with Crippen LogP contribution in [0.3, 0.4) is 0 Å². The Morgan fingerprint density at radius 2 is 2.17 bits per heavy atom. The third-order valence-electron chi connectivity index (χ3n) is 4.01. The number of anilines is 1. The van der Waals surface area contributed by atoms with Gasteiger partial charge in [0.05, 0.1) is 10.6 Å². The van der Waals surface area contributed by atoms with Crippen LogP contribution in [0, 0.1) is 5.92 Å². The van der Waals surface area contributed by atoms with Gasteiger partial charge in [0.1, 0.15) is 0 Å². The summed E-state index contributed by atoms with van der Waals surface area (Å²) in [6.45, 7) is 5.54. The van der Waals surface area contributed by atoms with Crippen molar-refractivity contribution in [3.8, 4) is 0 Å². The molecule has 0 aliphatic carbocycles. The van der Waals surface area contributed by atoms with Gasteiger partial charge in [0.15, 0.2) is 0 Å². The summed E-state index contributed by atoms with van der Waals surface area (Å²) in [4.78, 5) is 24.3. The fourth-order valence-electron chi connectivity index (χ4n) is 2.73. The van der Waals surface area contributed by atoms with Crippen LogP contribution in [0.25, 0.3) is 0 Å². The molecule has 2 rings (SSSR count). The Hall–Kier alpha value is -1.59. The van der Waals surface area contributed by atoms with E-state index in [9.17, 15) is 9.59 Å². The molecule has 0 saturated carbocycles. The second-order valence-corrected chi connectivity index (χ2v) is 6.42. The van der Waals surface area contributed by atoms with Crippen molar-refractivity contribution >= 4 is 29.1 Å². The number of benzene rings is 1. The number of carbonyl (C=O) groups is 2. The highest BCUT2D eigenvalue weighted by Crippen LogP contribution is 2.23. The zero-order valence-electron chi connectivity index (χ0n) is 13.6. The first-order valence-corrected chi connectivity index (χ1v) is 8.51. The maximum atomic E-state index is 12.3. The molecule has 2 atom stereocenters. The molecule has 0 unspecified atom stereocenters. The zero-order valence-corrected chi connectivity index (χ0v) is 14.4. The van der Waals surface area contributed by atoms with Gasteiger partial charge in [0, 0.05) is 24.2 Å². The van der Waals surface area contributed by atoms with Crippen molar-refractivity contribution in [2.75, 3.05) is 18.4 Å². The van der Waals surface area contributed by atoms with E-state index in [0.29, 0.717) is 28.9 Å². The lowest BCUT2D eigenvalue weighted by Crippen LogP contribution is -2.40. The van der Waals surface area contributed by atoms with Gasteiger partial charge in [-0.15, -0.1) is 0 Å². The molecule has 6 heteroatoms. The third kappa shape index (κ3) is 4.94. The fourth-order valence-corrected chi connectivity index (χ4v) is 2.99. The van der Waals surface area contributed by atoms with Gasteiger partial charge < -0.3 is 16.0 Å². The second kappa shape index (κ2) is 8.31. The number of carbonyl (C=O) groups excluding carboxylic acids is 2. The van der Waals surface area contributed by atoms with Crippen LogP contribution < -0.4 is 16.0 Å². The summed E-state index contributed by atoms with van der Waals surface area (Å²) in [5, 5.41) is 9.36. The number of hydrogen-bond donors (Lipinski definition) is 3. The lowest BCUT2D eigenvalue weighted by Gasteiger charge is -2.27. The Balaban J connectivity index is 1.99. The number of rotatable bonds is 5. The highest BCUT2D eigenvalue weighted by molar-refractivity contribution is 6.34. The largest absolute Gasteiger partial charge is 0.352 e. The number of piperidine rings is 1. The molecule has 2 amide bonds. The monoisotopic (exact) mass is 337 g/mol. The van der Waals surface area contributed by atoms with Gasteiger partial charge in [-0.25, -0.2) is 0 Å². The molecule has 3 N–H and O–H groups in total. The molecule has 0 spiro atoms. The van der Waals surface area contributed by atoms with E-state index < -0.39 is 0 Å². The molecule has 0 radical (unpaired) electrons. The molecular formula is C17H24ClN3O2. The van der Waals surface area contributed by atoms with E-state index in [1.165, 1.54) is 0 Å². The Bertz CT molecular complexity index is 577. The highest BCUT2D eigenvalue weighted by atomic mass is 35.5. The van der Waals surface area contributed by atoms with Crippen LogP contribution in [0.15, 0.2) is 18.2 Å². The summed E-state index contributed by atoms with van der Waals surface area (Å²) in [6, 6.07) is 5.35. The van der Waals surface area contributed by atoms with Gasteiger partial charge in [0.2, 0.25) is 5.91 Å². The molecule has 1 aromatic carbocycles. The molecule has 1 aliphatic rings. The lowest BCUT2D eigenvalue weighted by atomic mass is 9.92. The summed E-state index contributed by atoms with van der Waals surface area (Å²) in [6.07, 6.45) is 2.53. The minimum atomic E-state index is -0.193. The van der Waals surface area contributed by atoms with Gasteiger partial charge in [0.25, 0.3) is 5.91 Å². The van der Waals surface area contributed by atoms with Crippen molar-refractivity contribution in [2.45, 2.75) is 39.2 Å². The smallest absolute Gasteiger partial charge is 0.252 e. The van der Waals surface area contributed by atoms with Crippen molar-refractivity contribution in [1.82, 2.24) is 10.6 Å². The summed E-state index contributed by atoms with van der Waals surface area (Å²) >= 11 is 6.17. The van der Waals surface area contributed by atoms with E-state index >= 15 is 0 Å². The third-order valence-corrected chi connectivity index (χ3v) is 4.32. The first-order valence-electron chi connectivity index (χ1n) is 8.13. The van der Waals surface area contributed by atoms with Crippen LogP contribution in [-0.2, 0) is 4.79 Å². The summed E-state index contributed by atoms with van der Waals surface area (Å²) in [7, 11) is 0. The van der Waals surface area contributed by atoms with Gasteiger partial charge in [-0.1, -0.05) is 18.5 Å². The molecule has 1 fully saturated rings. The lowest BCUT2D eigenvalue weighted by molar-refractivity contribution is -0.120. The first-order chi connectivity index (χ1) is 11.0. The number of hydrogen-bond acceptors (Lipinski definition) is 3. The minimum absolute atomic E-state index is 0.0116. The van der Waals surface area contributed by atoms with Gasteiger partial charge in [-0.2, -0.15) is 0 Å². The van der Waals surface area contributed by atoms with Crippen LogP contribution >= 0.6 is 11.6 Å². The summed E-state index contributed by atoms with van der Waals surface area (Å²) < 4.78 is 0. The number of amides is 2. The van der Waals surface area contributed by atoms with Crippen molar-refractivity contribution < 1.29 is 9.59 Å². The normalized spacial score (nSPS) is 20.8. The van der Waals surface area contributed by atoms with Crippen LogP contribution in [0.4, 0.5) is 5.69 Å². The maximum absolute atomic E-state index is 12.3. The average molecular weight is 338 g/mol. The van der Waals surface area contributed by atoms with Crippen LogP contribution in [-0.4, -0.2) is 30.9 Å². The average Bonchev–Trinajstić information content (AvgIpc) is 2.52. The van der Waals surface area contributed by atoms with Gasteiger partial charge in [-0.3, -0.25) is 9.59 Å². The zero-order chi connectivity index (χ0) is 16.8. The Morgan fingerprint density at radius 3 is 2.83 bits per heavy atom. The number of halogens is 1. The van der Waals surface area contributed by atoms with E-state index in [0.717, 1.165) is 25.8 Å². The Labute approximate surface area is 142 Å². The van der Waals surface area contributed by atoms with E-state index in [2.05, 4.69) is 22.9 Å².